The largest absolute Gasteiger partial charge is 0.351 e. The van der Waals surface area contributed by atoms with Crippen molar-refractivity contribution in [1.29, 1.82) is 0 Å². The Balaban J connectivity index is 1.59. The van der Waals surface area contributed by atoms with Crippen molar-refractivity contribution in [3.63, 3.8) is 0 Å². The van der Waals surface area contributed by atoms with E-state index in [0.29, 0.717) is 0 Å². The first-order chi connectivity index (χ1) is 16.7. The van der Waals surface area contributed by atoms with E-state index >= 15 is 0 Å². The van der Waals surface area contributed by atoms with Crippen LogP contribution in [0.3, 0.4) is 0 Å². The van der Waals surface area contributed by atoms with Gasteiger partial charge in [0.15, 0.2) is 0 Å². The van der Waals surface area contributed by atoms with Gasteiger partial charge in [0.2, 0.25) is 5.28 Å². The molecular formula is C28H25ClN4S. The Morgan fingerprint density at radius 3 is 2.41 bits per heavy atom. The number of aromatic nitrogens is 3. The number of aryl methyl sites for hydroxylation is 1. The molecule has 0 aliphatic rings. The van der Waals surface area contributed by atoms with E-state index in [-0.39, 0.29) is 5.28 Å². The lowest BCUT2D eigenvalue weighted by Gasteiger charge is -2.25. The highest BCUT2D eigenvalue weighted by atomic mass is 35.5. The normalized spacial score (nSPS) is 11.1. The van der Waals surface area contributed by atoms with E-state index in [2.05, 4.69) is 81.8 Å². The molecule has 0 aliphatic heterocycles. The fourth-order valence-corrected chi connectivity index (χ4v) is 5.27. The van der Waals surface area contributed by atoms with Crippen LogP contribution >= 0.6 is 22.9 Å². The summed E-state index contributed by atoms with van der Waals surface area (Å²) in [6.45, 7) is 3.66. The number of benzene rings is 2. The second-order valence-corrected chi connectivity index (χ2v) is 9.37. The Bertz CT molecular complexity index is 1370. The molecule has 6 heteroatoms. The zero-order chi connectivity index (χ0) is 23.3. The van der Waals surface area contributed by atoms with Crippen molar-refractivity contribution in [2.24, 2.45) is 0 Å². The van der Waals surface area contributed by atoms with Crippen LogP contribution in [0.5, 0.6) is 0 Å². The fraction of sp³-hybridized carbons (Fsp3) is 0.179. The molecule has 170 valence electrons. The molecule has 0 aliphatic carbocycles. The maximum atomic E-state index is 6.43. The Kier molecular flexibility index (Phi) is 6.84. The Morgan fingerprint density at radius 1 is 0.882 bits per heavy atom. The topological polar surface area (TPSA) is 41.9 Å². The number of hydrogen-bond acceptors (Lipinski definition) is 5. The number of nitrogens with zero attached hydrogens (tertiary/aromatic N) is 4. The first-order valence-electron chi connectivity index (χ1n) is 11.4. The maximum absolute atomic E-state index is 6.43. The molecule has 0 spiro atoms. The zero-order valence-electron chi connectivity index (χ0n) is 19.0. The van der Waals surface area contributed by atoms with Gasteiger partial charge in [0.25, 0.3) is 0 Å². The second kappa shape index (κ2) is 10.3. The Hall–Kier alpha value is -3.28. The summed E-state index contributed by atoms with van der Waals surface area (Å²) in [5.74, 6) is 0.866. The lowest BCUT2D eigenvalue weighted by Crippen LogP contribution is -2.27. The lowest BCUT2D eigenvalue weighted by molar-refractivity contribution is 0.761. The van der Waals surface area contributed by atoms with Gasteiger partial charge in [-0.3, -0.25) is 4.98 Å². The number of halogens is 1. The first kappa shape index (κ1) is 22.5. The summed E-state index contributed by atoms with van der Waals surface area (Å²) in [6, 6.07) is 25.3. The van der Waals surface area contributed by atoms with Gasteiger partial charge in [-0.25, -0.2) is 4.98 Å². The van der Waals surface area contributed by atoms with Gasteiger partial charge in [-0.2, -0.15) is 4.98 Å². The Labute approximate surface area is 208 Å². The number of rotatable bonds is 8. The summed E-state index contributed by atoms with van der Waals surface area (Å²) in [5.41, 5.74) is 5.90. The van der Waals surface area contributed by atoms with Crippen molar-refractivity contribution in [3.05, 3.63) is 106 Å². The molecule has 0 saturated carbocycles. The number of anilines is 1. The fourth-order valence-electron chi connectivity index (χ4n) is 4.12. The van der Waals surface area contributed by atoms with Crippen LogP contribution in [0.4, 0.5) is 5.82 Å². The Morgan fingerprint density at radius 2 is 1.68 bits per heavy atom. The molecule has 3 heterocycles. The van der Waals surface area contributed by atoms with Gasteiger partial charge in [0.1, 0.15) is 10.6 Å². The predicted octanol–water partition coefficient (Wildman–Crippen LogP) is 7.22. The summed E-state index contributed by atoms with van der Waals surface area (Å²) in [5, 5.41) is 3.49. The number of thiophene rings is 1. The molecule has 0 atom stereocenters. The molecule has 2 aromatic carbocycles. The zero-order valence-corrected chi connectivity index (χ0v) is 20.6. The molecule has 5 rings (SSSR count). The highest BCUT2D eigenvalue weighted by Crippen LogP contribution is 2.39. The van der Waals surface area contributed by atoms with Gasteiger partial charge in [0.05, 0.1) is 5.39 Å². The van der Waals surface area contributed by atoms with Crippen molar-refractivity contribution >= 4 is 39.0 Å². The first-order valence-corrected chi connectivity index (χ1v) is 12.7. The molecule has 0 fully saturated rings. The van der Waals surface area contributed by atoms with Gasteiger partial charge in [-0.05, 0) is 46.8 Å². The highest BCUT2D eigenvalue weighted by molar-refractivity contribution is 7.17. The average molecular weight is 485 g/mol. The van der Waals surface area contributed by atoms with Crippen LogP contribution in [0.1, 0.15) is 23.7 Å². The molecule has 34 heavy (non-hydrogen) atoms. The van der Waals surface area contributed by atoms with Crippen molar-refractivity contribution in [2.75, 3.05) is 11.4 Å². The van der Waals surface area contributed by atoms with E-state index in [4.69, 9.17) is 16.6 Å². The van der Waals surface area contributed by atoms with Crippen LogP contribution < -0.4 is 4.90 Å². The summed E-state index contributed by atoms with van der Waals surface area (Å²) in [6.07, 6.45) is 3.67. The van der Waals surface area contributed by atoms with Gasteiger partial charge >= 0.3 is 0 Å². The van der Waals surface area contributed by atoms with Crippen LogP contribution in [-0.2, 0) is 19.4 Å². The third-order valence-corrected chi connectivity index (χ3v) is 6.98. The number of hydrogen-bond donors (Lipinski definition) is 0. The van der Waals surface area contributed by atoms with Gasteiger partial charge in [0, 0.05) is 42.3 Å². The average Bonchev–Trinajstić information content (AvgIpc) is 3.31. The van der Waals surface area contributed by atoms with E-state index in [9.17, 15) is 0 Å². The minimum Gasteiger partial charge on any atom is -0.351 e. The predicted molar refractivity (Wildman–Crippen MR) is 143 cm³/mol. The summed E-state index contributed by atoms with van der Waals surface area (Å²) in [7, 11) is 0. The third-order valence-electron chi connectivity index (χ3n) is 5.94. The third kappa shape index (κ3) is 4.96. The van der Waals surface area contributed by atoms with Crippen molar-refractivity contribution in [2.45, 2.75) is 26.3 Å². The quantitative estimate of drug-likeness (QED) is 0.218. The summed E-state index contributed by atoms with van der Waals surface area (Å²) >= 11 is 8.04. The molecule has 0 radical (unpaired) electrons. The van der Waals surface area contributed by atoms with Crippen LogP contribution in [0.15, 0.2) is 84.4 Å². The van der Waals surface area contributed by atoms with Crippen LogP contribution in [-0.4, -0.2) is 21.5 Å². The van der Waals surface area contributed by atoms with Crippen molar-refractivity contribution < 1.29 is 0 Å². The van der Waals surface area contributed by atoms with E-state index in [1.807, 2.05) is 24.4 Å². The molecule has 0 bridgehead atoms. The van der Waals surface area contributed by atoms with Gasteiger partial charge in [-0.15, -0.1) is 11.3 Å². The smallest absolute Gasteiger partial charge is 0.225 e. The molecule has 4 nitrogen and oxygen atoms in total. The summed E-state index contributed by atoms with van der Waals surface area (Å²) < 4.78 is 0. The van der Waals surface area contributed by atoms with E-state index in [1.54, 1.807) is 11.3 Å². The molecule has 5 aromatic rings. The molecule has 0 N–H and O–H groups in total. The molecule has 0 saturated heterocycles. The minimum absolute atomic E-state index is 0.271. The molecule has 3 aromatic heterocycles. The van der Waals surface area contributed by atoms with Gasteiger partial charge < -0.3 is 4.90 Å². The van der Waals surface area contributed by atoms with E-state index < -0.39 is 0 Å². The minimum atomic E-state index is 0.271. The molecule has 0 amide bonds. The lowest BCUT2D eigenvalue weighted by atomic mass is 10.0. The monoisotopic (exact) mass is 484 g/mol. The highest BCUT2D eigenvalue weighted by Gasteiger charge is 2.20. The standard InChI is InChI=1S/C28H25ClN4S/c1-2-20-11-13-22(14-12-20)24-19-34-27-25(24)26(31-28(29)32-27)33(18-21-8-4-3-5-9-21)17-15-23-10-6-7-16-30-23/h3-14,16,19H,2,15,17-18H2,1H3. The SMILES string of the molecule is CCc1ccc(-c2csc3nc(Cl)nc(N(CCc4ccccn4)Cc4ccccc4)c23)cc1. The summed E-state index contributed by atoms with van der Waals surface area (Å²) in [4.78, 5) is 17.1. The van der Waals surface area contributed by atoms with E-state index in [1.165, 1.54) is 16.7 Å². The van der Waals surface area contributed by atoms with Gasteiger partial charge in [-0.1, -0.05) is 67.6 Å². The number of fused-ring (bicyclic) bond motifs is 1. The maximum Gasteiger partial charge on any atom is 0.225 e. The van der Waals surface area contributed by atoms with Crippen LogP contribution in [0, 0.1) is 0 Å². The number of pyridine rings is 1. The molecular weight excluding hydrogens is 460 g/mol. The molecule has 0 unspecified atom stereocenters. The van der Waals surface area contributed by atoms with Crippen LogP contribution in [0.2, 0.25) is 5.28 Å². The van der Waals surface area contributed by atoms with E-state index in [0.717, 1.165) is 53.2 Å². The van der Waals surface area contributed by atoms with Crippen LogP contribution in [0.25, 0.3) is 21.3 Å². The second-order valence-electron chi connectivity index (χ2n) is 8.17. The van der Waals surface area contributed by atoms with Crippen molar-refractivity contribution in [1.82, 2.24) is 15.0 Å². The van der Waals surface area contributed by atoms with Crippen molar-refractivity contribution in [3.8, 4) is 11.1 Å².